The molecule has 0 amide bonds. The summed E-state index contributed by atoms with van der Waals surface area (Å²) in [6.07, 6.45) is 0.565. The minimum atomic E-state index is -0.264. The Hall–Kier alpha value is -1.03. The fraction of sp³-hybridized carbons (Fsp3) is 0.750. The van der Waals surface area contributed by atoms with Crippen molar-refractivity contribution in [1.82, 2.24) is 5.48 Å². The summed E-state index contributed by atoms with van der Waals surface area (Å²) in [6, 6.07) is 0.165. The van der Waals surface area contributed by atoms with Crippen LogP contribution in [0.3, 0.4) is 0 Å². The zero-order valence-corrected chi connectivity index (χ0v) is 10.7. The molecule has 0 radical (unpaired) electrons. The summed E-state index contributed by atoms with van der Waals surface area (Å²) in [5, 5.41) is 0. The second-order valence-electron chi connectivity index (χ2n) is 4.76. The van der Waals surface area contributed by atoms with E-state index in [1.54, 1.807) is 6.92 Å². The van der Waals surface area contributed by atoms with E-state index in [0.29, 0.717) is 23.7 Å². The van der Waals surface area contributed by atoms with Gasteiger partial charge in [0.25, 0.3) is 0 Å². The van der Waals surface area contributed by atoms with Gasteiger partial charge in [-0.25, -0.2) is 4.79 Å². The Kier molecular flexibility index (Phi) is 4.35. The smallest absolute Gasteiger partial charge is 0.337 e. The second-order valence-corrected chi connectivity index (χ2v) is 4.76. The molecule has 4 nitrogen and oxygen atoms in total. The second kappa shape index (κ2) is 5.34. The first-order valence-electron chi connectivity index (χ1n) is 5.75. The number of allylic oxidation sites excluding steroid dienone is 1. The summed E-state index contributed by atoms with van der Waals surface area (Å²) in [6.45, 7) is 9.64. The molecule has 16 heavy (non-hydrogen) atoms. The molecule has 0 saturated carbocycles. The zero-order chi connectivity index (χ0) is 12.3. The van der Waals surface area contributed by atoms with E-state index < -0.39 is 0 Å². The highest BCUT2D eigenvalue weighted by Crippen LogP contribution is 2.23. The normalized spacial score (nSPS) is 21.3. The van der Waals surface area contributed by atoms with Crippen LogP contribution in [0.2, 0.25) is 0 Å². The van der Waals surface area contributed by atoms with Gasteiger partial charge in [-0.2, -0.15) is 5.48 Å². The topological polar surface area (TPSA) is 47.6 Å². The van der Waals surface area contributed by atoms with Crippen LogP contribution in [0.4, 0.5) is 0 Å². The minimum absolute atomic E-state index is 0.0971. The van der Waals surface area contributed by atoms with Crippen LogP contribution in [0.1, 0.15) is 41.0 Å². The highest BCUT2D eigenvalue weighted by molar-refractivity contribution is 5.89. The maximum Gasteiger partial charge on any atom is 0.337 e. The molecule has 0 aliphatic carbocycles. The van der Waals surface area contributed by atoms with Gasteiger partial charge in [-0.3, -0.25) is 0 Å². The number of nitrogens with one attached hydrogen (secondary N) is 1. The molecule has 0 aromatic heterocycles. The first kappa shape index (κ1) is 13.0. The Bertz CT molecular complexity index is 295. The molecule has 1 rings (SSSR count). The lowest BCUT2D eigenvalue weighted by Crippen LogP contribution is -2.39. The number of hydrogen-bond donors (Lipinski definition) is 1. The van der Waals surface area contributed by atoms with Gasteiger partial charge >= 0.3 is 5.97 Å². The molecular weight excluding hydrogens is 206 g/mol. The number of ether oxygens (including phenoxy) is 1. The summed E-state index contributed by atoms with van der Waals surface area (Å²) in [4.78, 5) is 17.1. The molecule has 1 heterocycles. The van der Waals surface area contributed by atoms with Crippen molar-refractivity contribution in [2.75, 3.05) is 0 Å². The zero-order valence-electron chi connectivity index (χ0n) is 10.7. The van der Waals surface area contributed by atoms with Gasteiger partial charge in [0.15, 0.2) is 0 Å². The Morgan fingerprint density at radius 3 is 2.56 bits per heavy atom. The summed E-state index contributed by atoms with van der Waals surface area (Å²) in [7, 11) is 0. The third-order valence-corrected chi connectivity index (χ3v) is 2.61. The van der Waals surface area contributed by atoms with Crippen LogP contribution in [0.15, 0.2) is 11.3 Å². The molecular formula is C12H21NO3. The summed E-state index contributed by atoms with van der Waals surface area (Å²) in [5.41, 5.74) is 3.59. The number of hydroxylamine groups is 1. The van der Waals surface area contributed by atoms with Crippen molar-refractivity contribution in [3.63, 3.8) is 0 Å². The van der Waals surface area contributed by atoms with Crippen LogP contribution < -0.4 is 5.48 Å². The van der Waals surface area contributed by atoms with Crippen LogP contribution in [-0.4, -0.2) is 18.1 Å². The lowest BCUT2D eigenvalue weighted by molar-refractivity contribution is -0.144. The van der Waals surface area contributed by atoms with E-state index in [1.165, 1.54) is 0 Å². The number of hydrogen-bond acceptors (Lipinski definition) is 4. The van der Waals surface area contributed by atoms with Gasteiger partial charge < -0.3 is 9.57 Å². The van der Waals surface area contributed by atoms with Crippen molar-refractivity contribution in [1.29, 1.82) is 0 Å². The van der Waals surface area contributed by atoms with E-state index in [0.717, 1.165) is 0 Å². The lowest BCUT2D eigenvalue weighted by Gasteiger charge is -2.28. The average Bonchev–Trinajstić information content (AvgIpc) is 2.16. The Morgan fingerprint density at radius 1 is 1.44 bits per heavy atom. The molecule has 0 aromatic rings. The monoisotopic (exact) mass is 227 g/mol. The van der Waals surface area contributed by atoms with E-state index in [-0.39, 0.29) is 18.1 Å². The number of carbonyl (C=O) groups is 1. The summed E-state index contributed by atoms with van der Waals surface area (Å²) < 4.78 is 5.18. The average molecular weight is 227 g/mol. The minimum Gasteiger partial charge on any atom is -0.460 e. The van der Waals surface area contributed by atoms with E-state index >= 15 is 0 Å². The van der Waals surface area contributed by atoms with E-state index in [4.69, 9.17) is 9.57 Å². The van der Waals surface area contributed by atoms with Crippen LogP contribution in [0, 0.1) is 5.92 Å². The van der Waals surface area contributed by atoms with Gasteiger partial charge in [0.1, 0.15) is 5.76 Å². The van der Waals surface area contributed by atoms with Crippen molar-refractivity contribution in [2.24, 2.45) is 5.92 Å². The molecule has 1 aliphatic rings. The Morgan fingerprint density at radius 2 is 2.06 bits per heavy atom. The van der Waals surface area contributed by atoms with E-state index in [1.807, 2.05) is 13.8 Å². The van der Waals surface area contributed by atoms with Gasteiger partial charge in [-0.15, -0.1) is 0 Å². The molecule has 0 spiro atoms. The summed E-state index contributed by atoms with van der Waals surface area (Å²) in [5.74, 6) is 0.761. The molecule has 0 saturated heterocycles. The van der Waals surface area contributed by atoms with Crippen LogP contribution in [0.25, 0.3) is 0 Å². The molecule has 1 unspecified atom stereocenters. The van der Waals surface area contributed by atoms with E-state index in [9.17, 15) is 4.79 Å². The van der Waals surface area contributed by atoms with Crippen molar-refractivity contribution in [3.05, 3.63) is 11.3 Å². The van der Waals surface area contributed by atoms with Crippen molar-refractivity contribution >= 4 is 5.97 Å². The fourth-order valence-corrected chi connectivity index (χ4v) is 1.52. The standard InChI is InChI=1S/C12H21NO3/c1-7(2)11-6-10(9(5)16-13-11)12(14)15-8(3)4/h7-8,11,13H,6H2,1-5H3. The fourth-order valence-electron chi connectivity index (χ4n) is 1.52. The van der Waals surface area contributed by atoms with Crippen LogP contribution >= 0.6 is 0 Å². The predicted molar refractivity (Wildman–Crippen MR) is 61.4 cm³/mol. The maximum absolute atomic E-state index is 11.8. The Balaban J connectivity index is 2.73. The molecule has 4 heteroatoms. The van der Waals surface area contributed by atoms with Gasteiger partial charge in [-0.05, 0) is 26.7 Å². The molecule has 0 bridgehead atoms. The molecule has 92 valence electrons. The predicted octanol–water partition coefficient (Wildman–Crippen LogP) is 2.16. The first-order chi connectivity index (χ1) is 7.41. The first-order valence-corrected chi connectivity index (χ1v) is 5.75. The Labute approximate surface area is 97.0 Å². The largest absolute Gasteiger partial charge is 0.460 e. The highest BCUT2D eigenvalue weighted by atomic mass is 16.7. The molecule has 0 aromatic carbocycles. The number of esters is 1. The van der Waals surface area contributed by atoms with Gasteiger partial charge in [0.2, 0.25) is 0 Å². The van der Waals surface area contributed by atoms with Crippen LogP contribution in [0.5, 0.6) is 0 Å². The number of rotatable bonds is 3. The highest BCUT2D eigenvalue weighted by Gasteiger charge is 2.28. The molecule has 1 atom stereocenters. The van der Waals surface area contributed by atoms with Gasteiger partial charge in [0.05, 0.1) is 11.7 Å². The van der Waals surface area contributed by atoms with Gasteiger partial charge in [0, 0.05) is 12.5 Å². The van der Waals surface area contributed by atoms with E-state index in [2.05, 4.69) is 19.3 Å². The van der Waals surface area contributed by atoms with Crippen LogP contribution in [-0.2, 0) is 14.4 Å². The molecule has 1 aliphatic heterocycles. The van der Waals surface area contributed by atoms with Crippen molar-refractivity contribution in [2.45, 2.75) is 53.2 Å². The SMILES string of the molecule is CC1=C(C(=O)OC(C)C)CC(C(C)C)NO1. The third kappa shape index (κ3) is 3.23. The van der Waals surface area contributed by atoms with Crippen molar-refractivity contribution < 1.29 is 14.4 Å². The quantitative estimate of drug-likeness (QED) is 0.751. The molecule has 1 N–H and O–H groups in total. The molecule has 0 fully saturated rings. The summed E-state index contributed by atoms with van der Waals surface area (Å²) >= 11 is 0. The third-order valence-electron chi connectivity index (χ3n) is 2.61. The van der Waals surface area contributed by atoms with Crippen molar-refractivity contribution in [3.8, 4) is 0 Å². The lowest BCUT2D eigenvalue weighted by atomic mass is 9.95. The maximum atomic E-state index is 11.8. The van der Waals surface area contributed by atoms with Gasteiger partial charge in [-0.1, -0.05) is 13.8 Å². The number of carbonyl (C=O) groups excluding carboxylic acids is 1.